The molecular weight excluding hydrogens is 489 g/mol. The van der Waals surface area contributed by atoms with Gasteiger partial charge < -0.3 is 9.47 Å². The number of ether oxygens (including phenoxy) is 2. The predicted molar refractivity (Wildman–Crippen MR) is 157 cm³/mol. The molecular formula is C34H50FNO3. The Kier molecular flexibility index (Phi) is 14.4. The highest BCUT2D eigenvalue weighted by Crippen LogP contribution is 2.34. The van der Waals surface area contributed by atoms with Crippen LogP contribution in [0.15, 0.2) is 42.6 Å². The molecule has 216 valence electrons. The first-order valence-electron chi connectivity index (χ1n) is 15.6. The fourth-order valence-corrected chi connectivity index (χ4v) is 5.56. The summed E-state index contributed by atoms with van der Waals surface area (Å²) < 4.78 is 25.1. The van der Waals surface area contributed by atoms with Crippen molar-refractivity contribution >= 4 is 5.97 Å². The van der Waals surface area contributed by atoms with Crippen molar-refractivity contribution in [1.29, 1.82) is 0 Å². The smallest absolute Gasteiger partial charge is 0.343 e. The van der Waals surface area contributed by atoms with Crippen molar-refractivity contribution in [3.05, 3.63) is 53.9 Å². The van der Waals surface area contributed by atoms with E-state index in [0.717, 1.165) is 49.6 Å². The minimum Gasteiger partial charge on any atom is -0.491 e. The Morgan fingerprint density at radius 1 is 0.846 bits per heavy atom. The Morgan fingerprint density at radius 3 is 2.13 bits per heavy atom. The first-order chi connectivity index (χ1) is 19.1. The van der Waals surface area contributed by atoms with Gasteiger partial charge in [-0.25, -0.2) is 9.18 Å². The molecule has 1 atom stereocenters. The summed E-state index contributed by atoms with van der Waals surface area (Å²) >= 11 is 0. The summed E-state index contributed by atoms with van der Waals surface area (Å²) in [5.74, 6) is 2.30. The van der Waals surface area contributed by atoms with E-state index in [0.29, 0.717) is 23.5 Å². The number of rotatable bonds is 18. The van der Waals surface area contributed by atoms with Gasteiger partial charge in [0.2, 0.25) is 0 Å². The van der Waals surface area contributed by atoms with E-state index in [4.69, 9.17) is 9.47 Å². The van der Waals surface area contributed by atoms with Crippen molar-refractivity contribution in [2.24, 2.45) is 11.8 Å². The van der Waals surface area contributed by atoms with Crippen LogP contribution in [0.5, 0.6) is 11.5 Å². The van der Waals surface area contributed by atoms with E-state index in [1.54, 1.807) is 30.5 Å². The second kappa shape index (κ2) is 18.0. The zero-order valence-corrected chi connectivity index (χ0v) is 24.3. The van der Waals surface area contributed by atoms with Crippen LogP contribution in [0.2, 0.25) is 0 Å². The van der Waals surface area contributed by atoms with E-state index in [2.05, 4.69) is 18.8 Å². The van der Waals surface area contributed by atoms with E-state index in [9.17, 15) is 9.18 Å². The minimum atomic E-state index is -0.970. The van der Waals surface area contributed by atoms with E-state index in [1.807, 2.05) is 12.1 Å². The molecule has 3 rings (SSSR count). The topological polar surface area (TPSA) is 48.4 Å². The maximum Gasteiger partial charge on any atom is 0.343 e. The molecule has 1 fully saturated rings. The van der Waals surface area contributed by atoms with E-state index in [1.165, 1.54) is 64.2 Å². The molecule has 1 heterocycles. The first kappa shape index (κ1) is 31.1. The van der Waals surface area contributed by atoms with Crippen molar-refractivity contribution in [1.82, 2.24) is 4.98 Å². The highest BCUT2D eigenvalue weighted by atomic mass is 19.1. The number of carbonyl (C=O) groups excluding carboxylic acids is 1. The molecule has 0 radical (unpaired) electrons. The zero-order valence-electron chi connectivity index (χ0n) is 24.3. The Bertz CT molecular complexity index is 922. The molecule has 1 aromatic carbocycles. The number of benzene rings is 1. The molecule has 0 bridgehead atoms. The third kappa shape index (κ3) is 12.1. The van der Waals surface area contributed by atoms with Gasteiger partial charge in [-0.05, 0) is 67.5 Å². The summed E-state index contributed by atoms with van der Waals surface area (Å²) in [7, 11) is 0. The van der Waals surface area contributed by atoms with Crippen molar-refractivity contribution in [2.45, 2.75) is 123 Å². The van der Waals surface area contributed by atoms with Crippen molar-refractivity contribution in [3.63, 3.8) is 0 Å². The van der Waals surface area contributed by atoms with Gasteiger partial charge in [-0.2, -0.15) is 0 Å². The minimum absolute atomic E-state index is 0.0360. The molecule has 2 aromatic rings. The monoisotopic (exact) mass is 539 g/mol. The SMILES string of the molecule is CCCCCCC(F)COc1ccc(C(=O)Oc2ccc(CCC3CCC(CCCCCC)CC3)nc2)cc1. The van der Waals surface area contributed by atoms with Crippen LogP contribution in [0.25, 0.3) is 0 Å². The fourth-order valence-electron chi connectivity index (χ4n) is 5.56. The van der Waals surface area contributed by atoms with Gasteiger partial charge >= 0.3 is 5.97 Å². The summed E-state index contributed by atoms with van der Waals surface area (Å²) in [6.07, 6.45) is 20.0. The predicted octanol–water partition coefficient (Wildman–Crippen LogP) is 9.70. The number of esters is 1. The number of alkyl halides is 1. The number of hydrogen-bond donors (Lipinski definition) is 0. The Hall–Kier alpha value is -2.43. The molecule has 5 heteroatoms. The molecule has 1 saturated carbocycles. The number of halogens is 1. The average Bonchev–Trinajstić information content (AvgIpc) is 2.97. The number of nitrogens with zero attached hydrogens (tertiary/aromatic N) is 1. The summed E-state index contributed by atoms with van der Waals surface area (Å²) in [6.45, 7) is 4.46. The Morgan fingerprint density at radius 2 is 1.49 bits per heavy atom. The second-order valence-corrected chi connectivity index (χ2v) is 11.4. The lowest BCUT2D eigenvalue weighted by molar-refractivity contribution is 0.0734. The Labute approximate surface area is 236 Å². The number of unbranched alkanes of at least 4 members (excludes halogenated alkanes) is 6. The lowest BCUT2D eigenvalue weighted by atomic mass is 9.78. The third-order valence-electron chi connectivity index (χ3n) is 8.14. The zero-order chi connectivity index (χ0) is 27.7. The lowest BCUT2D eigenvalue weighted by Crippen LogP contribution is -2.15. The highest BCUT2D eigenvalue weighted by Gasteiger charge is 2.21. The van der Waals surface area contributed by atoms with E-state index < -0.39 is 12.1 Å². The summed E-state index contributed by atoms with van der Waals surface area (Å²) in [5.41, 5.74) is 1.47. The van der Waals surface area contributed by atoms with Crippen LogP contribution < -0.4 is 9.47 Å². The molecule has 0 saturated heterocycles. The number of aromatic nitrogens is 1. The molecule has 1 aliphatic rings. The lowest BCUT2D eigenvalue weighted by Gasteiger charge is -2.28. The summed E-state index contributed by atoms with van der Waals surface area (Å²) in [5, 5.41) is 0. The number of carbonyl (C=O) groups is 1. The summed E-state index contributed by atoms with van der Waals surface area (Å²) in [4.78, 5) is 17.1. The van der Waals surface area contributed by atoms with Crippen LogP contribution in [0.3, 0.4) is 0 Å². The van der Waals surface area contributed by atoms with Gasteiger partial charge in [0, 0.05) is 5.69 Å². The molecule has 0 spiro atoms. The molecule has 1 aromatic heterocycles. The number of aryl methyl sites for hydroxylation is 1. The van der Waals surface area contributed by atoms with Crippen molar-refractivity contribution < 1.29 is 18.7 Å². The van der Waals surface area contributed by atoms with Crippen molar-refractivity contribution in [3.8, 4) is 11.5 Å². The van der Waals surface area contributed by atoms with Gasteiger partial charge in [-0.3, -0.25) is 4.98 Å². The van der Waals surface area contributed by atoms with Gasteiger partial charge in [0.05, 0.1) is 11.8 Å². The van der Waals surface area contributed by atoms with Gasteiger partial charge in [0.15, 0.2) is 0 Å². The van der Waals surface area contributed by atoms with E-state index in [-0.39, 0.29) is 6.61 Å². The molecule has 39 heavy (non-hydrogen) atoms. The maximum absolute atomic E-state index is 14.0. The van der Waals surface area contributed by atoms with Gasteiger partial charge in [-0.15, -0.1) is 0 Å². The van der Waals surface area contributed by atoms with E-state index >= 15 is 0 Å². The van der Waals surface area contributed by atoms with Gasteiger partial charge in [0.25, 0.3) is 0 Å². The Balaban J connectivity index is 1.33. The number of hydrogen-bond acceptors (Lipinski definition) is 4. The highest BCUT2D eigenvalue weighted by molar-refractivity contribution is 5.91. The van der Waals surface area contributed by atoms with Gasteiger partial charge in [0.1, 0.15) is 24.3 Å². The third-order valence-corrected chi connectivity index (χ3v) is 8.14. The fraction of sp³-hybridized carbons (Fsp3) is 0.647. The van der Waals surface area contributed by atoms with Crippen LogP contribution >= 0.6 is 0 Å². The van der Waals surface area contributed by atoms with Crippen molar-refractivity contribution in [2.75, 3.05) is 6.61 Å². The largest absolute Gasteiger partial charge is 0.491 e. The van der Waals surface area contributed by atoms with Crippen LogP contribution in [0.4, 0.5) is 4.39 Å². The number of pyridine rings is 1. The quantitative estimate of drug-likeness (QED) is 0.140. The van der Waals surface area contributed by atoms with Crippen LogP contribution in [0.1, 0.15) is 126 Å². The second-order valence-electron chi connectivity index (χ2n) is 11.4. The molecule has 0 amide bonds. The standard InChI is InChI=1S/C34H50FNO3/c1-3-5-7-9-11-27-13-15-28(16-14-27)17-20-31-21-24-33(25-36-31)39-34(37)29-18-22-32(23-19-29)38-26-30(35)12-10-8-6-4-2/h18-19,21-25,27-28,30H,3-17,20,26H2,1-2H3. The molecule has 1 aliphatic carbocycles. The first-order valence-corrected chi connectivity index (χ1v) is 15.6. The van der Waals surface area contributed by atoms with Crippen LogP contribution in [-0.2, 0) is 6.42 Å². The van der Waals surface area contributed by atoms with Crippen LogP contribution in [0, 0.1) is 11.8 Å². The molecule has 0 N–H and O–H groups in total. The summed E-state index contributed by atoms with van der Waals surface area (Å²) in [6, 6.07) is 10.5. The van der Waals surface area contributed by atoms with Gasteiger partial charge in [-0.1, -0.05) is 97.3 Å². The van der Waals surface area contributed by atoms with Crippen LogP contribution in [-0.4, -0.2) is 23.7 Å². The molecule has 4 nitrogen and oxygen atoms in total. The average molecular weight is 540 g/mol. The molecule has 1 unspecified atom stereocenters. The normalized spacial score (nSPS) is 18.0. The molecule has 0 aliphatic heterocycles. The maximum atomic E-state index is 14.0.